The number of urea groups is 1. The molecule has 1 heterocycles. The van der Waals surface area contributed by atoms with Gasteiger partial charge in [-0.25, -0.2) is 13.2 Å². The molecule has 52 heavy (non-hydrogen) atoms. The molecular formula is C39H59N5O7S. The number of carbonyl (C=O) groups is 5. The van der Waals surface area contributed by atoms with Gasteiger partial charge in [0, 0.05) is 13.1 Å². The van der Waals surface area contributed by atoms with Gasteiger partial charge < -0.3 is 26.2 Å². The monoisotopic (exact) mass is 741 g/mol. The number of likely N-dealkylation sites (tertiary alicyclic amines) is 1. The molecule has 4 rings (SSSR count). The summed E-state index contributed by atoms with van der Waals surface area (Å²) in [7, 11) is -3.73. The number of nitrogens with zero attached hydrogens (tertiary/aromatic N) is 1. The molecule has 0 radical (unpaired) electrons. The molecule has 1 aromatic carbocycles. The summed E-state index contributed by atoms with van der Waals surface area (Å²) in [6.45, 7) is 15.4. The first kappa shape index (κ1) is 41.0. The highest BCUT2D eigenvalue weighted by Gasteiger charge is 2.50. The molecule has 1 aliphatic heterocycles. The van der Waals surface area contributed by atoms with Gasteiger partial charge in [0.25, 0.3) is 5.91 Å². The molecule has 2 saturated carbocycles. The highest BCUT2D eigenvalue weighted by molar-refractivity contribution is 7.91. The van der Waals surface area contributed by atoms with Crippen LogP contribution in [0.4, 0.5) is 4.79 Å². The second-order valence-corrected chi connectivity index (χ2v) is 19.1. The van der Waals surface area contributed by atoms with Crippen molar-refractivity contribution in [3.05, 3.63) is 43.0 Å². The van der Waals surface area contributed by atoms with Gasteiger partial charge in [-0.15, -0.1) is 6.58 Å². The summed E-state index contributed by atoms with van der Waals surface area (Å²) in [5.74, 6) is -2.80. The standard InChI is InChI=1S/C39H59N5O7S/c1-8-22-40-34(47)31(45)29(24-26-17-18-26)41-33(46)30-28(37(2,3)4)19-23-44(30)35(48)32(38(5,6)7)42-36(49)43-39(20-13-10-14-21-39)25-52(50,51)27-15-11-9-12-16-27/h8-9,11-12,15-16,26,28-30,32H,1,10,13-14,17-25H2,2-7H3,(H,40,47)(H,41,46)(H2,42,43,49)/t28?,29?,30?,32-/m1/s1. The van der Waals surface area contributed by atoms with Gasteiger partial charge in [-0.2, -0.15) is 0 Å². The van der Waals surface area contributed by atoms with Crippen molar-refractivity contribution in [2.45, 2.75) is 128 Å². The van der Waals surface area contributed by atoms with Gasteiger partial charge in [-0.3, -0.25) is 19.2 Å². The molecule has 4 N–H and O–H groups in total. The molecule has 2 aliphatic carbocycles. The first-order valence-electron chi connectivity index (χ1n) is 18.7. The predicted octanol–water partition coefficient (Wildman–Crippen LogP) is 4.30. The molecule has 0 spiro atoms. The van der Waals surface area contributed by atoms with Crippen LogP contribution in [0.5, 0.6) is 0 Å². The molecule has 3 unspecified atom stereocenters. The molecule has 3 aliphatic rings. The average Bonchev–Trinajstić information content (AvgIpc) is 3.77. The summed E-state index contributed by atoms with van der Waals surface area (Å²) in [5.41, 5.74) is -2.20. The summed E-state index contributed by atoms with van der Waals surface area (Å²) < 4.78 is 27.0. The Kier molecular flexibility index (Phi) is 13.0. The third-order valence-corrected chi connectivity index (χ3v) is 12.7. The molecule has 4 atom stereocenters. The fraction of sp³-hybridized carbons (Fsp3) is 0.667. The Morgan fingerprint density at radius 1 is 0.942 bits per heavy atom. The minimum Gasteiger partial charge on any atom is -0.346 e. The lowest BCUT2D eigenvalue weighted by molar-refractivity contribution is -0.145. The summed E-state index contributed by atoms with van der Waals surface area (Å²) >= 11 is 0. The van der Waals surface area contributed by atoms with Gasteiger partial charge in [0.2, 0.25) is 17.6 Å². The molecular weight excluding hydrogens is 683 g/mol. The van der Waals surface area contributed by atoms with Gasteiger partial charge in [-0.05, 0) is 60.5 Å². The van der Waals surface area contributed by atoms with E-state index in [1.165, 1.54) is 11.0 Å². The van der Waals surface area contributed by atoms with E-state index in [0.29, 0.717) is 25.7 Å². The summed E-state index contributed by atoms with van der Waals surface area (Å²) in [5, 5.41) is 11.3. The van der Waals surface area contributed by atoms with Crippen LogP contribution < -0.4 is 21.3 Å². The number of hydrogen-bond donors (Lipinski definition) is 4. The normalized spacial score (nSPS) is 21.7. The Balaban J connectivity index is 1.57. The van der Waals surface area contributed by atoms with E-state index >= 15 is 0 Å². The fourth-order valence-electron chi connectivity index (χ4n) is 7.69. The maximum atomic E-state index is 14.6. The van der Waals surface area contributed by atoms with Crippen molar-refractivity contribution < 1.29 is 32.4 Å². The van der Waals surface area contributed by atoms with Crippen LogP contribution in [0.1, 0.15) is 99.3 Å². The number of nitrogens with one attached hydrogen (secondary N) is 4. The van der Waals surface area contributed by atoms with Gasteiger partial charge in [0.15, 0.2) is 9.84 Å². The van der Waals surface area contributed by atoms with Gasteiger partial charge in [-0.1, -0.05) is 97.9 Å². The lowest BCUT2D eigenvalue weighted by Gasteiger charge is -2.40. The number of amides is 5. The van der Waals surface area contributed by atoms with Crippen LogP contribution in [-0.2, 0) is 29.0 Å². The smallest absolute Gasteiger partial charge is 0.315 e. The Labute approximate surface area is 309 Å². The Morgan fingerprint density at radius 2 is 1.58 bits per heavy atom. The summed E-state index contributed by atoms with van der Waals surface area (Å²) in [6.07, 6.45) is 7.55. The Hall–Kier alpha value is -3.74. The van der Waals surface area contributed by atoms with E-state index in [0.717, 1.165) is 32.1 Å². The van der Waals surface area contributed by atoms with Crippen LogP contribution in [0.15, 0.2) is 47.9 Å². The second-order valence-electron chi connectivity index (χ2n) is 17.2. The molecule has 13 heteroatoms. The van der Waals surface area contributed by atoms with Crippen molar-refractivity contribution in [1.82, 2.24) is 26.2 Å². The molecule has 5 amide bonds. The van der Waals surface area contributed by atoms with Gasteiger partial charge >= 0.3 is 6.03 Å². The zero-order valence-electron chi connectivity index (χ0n) is 31.8. The SMILES string of the molecule is C=CCNC(=O)C(=O)C(CC1CC1)NC(=O)C1C(C(C)(C)C)CCN1C(=O)[C@@H](NC(=O)NC1(CS(=O)(=O)c2ccccc2)CCCCC1)C(C)(C)C. The topological polar surface area (TPSA) is 171 Å². The predicted molar refractivity (Wildman–Crippen MR) is 200 cm³/mol. The average molecular weight is 742 g/mol. The van der Waals surface area contributed by atoms with E-state index in [1.807, 2.05) is 41.5 Å². The molecule has 0 aromatic heterocycles. The fourth-order valence-corrected chi connectivity index (χ4v) is 9.51. The quantitative estimate of drug-likeness (QED) is 0.163. The van der Waals surface area contributed by atoms with E-state index in [-0.39, 0.29) is 35.6 Å². The van der Waals surface area contributed by atoms with Crippen molar-refractivity contribution in [3.63, 3.8) is 0 Å². The van der Waals surface area contributed by atoms with Crippen LogP contribution in [0.2, 0.25) is 0 Å². The molecule has 3 fully saturated rings. The van der Waals surface area contributed by atoms with Crippen LogP contribution in [-0.4, -0.2) is 85.4 Å². The van der Waals surface area contributed by atoms with E-state index in [2.05, 4.69) is 27.8 Å². The third kappa shape index (κ3) is 10.4. The molecule has 1 aromatic rings. The zero-order chi connectivity index (χ0) is 38.5. The summed E-state index contributed by atoms with van der Waals surface area (Å²) in [6, 6.07) is 4.49. The van der Waals surface area contributed by atoms with Crippen LogP contribution in [0.25, 0.3) is 0 Å². The van der Waals surface area contributed by atoms with Crippen molar-refractivity contribution in [3.8, 4) is 0 Å². The highest BCUT2D eigenvalue weighted by atomic mass is 32.2. The zero-order valence-corrected chi connectivity index (χ0v) is 32.6. The van der Waals surface area contributed by atoms with E-state index in [9.17, 15) is 32.4 Å². The minimum atomic E-state index is -3.73. The van der Waals surface area contributed by atoms with Crippen molar-refractivity contribution >= 4 is 39.4 Å². The third-order valence-electron chi connectivity index (χ3n) is 10.7. The molecule has 288 valence electrons. The van der Waals surface area contributed by atoms with Gasteiger partial charge in [0.1, 0.15) is 12.1 Å². The first-order chi connectivity index (χ1) is 24.3. The second kappa shape index (κ2) is 16.5. The summed E-state index contributed by atoms with van der Waals surface area (Å²) in [4.78, 5) is 70.3. The van der Waals surface area contributed by atoms with E-state index in [4.69, 9.17) is 0 Å². The van der Waals surface area contributed by atoms with Crippen LogP contribution in [0, 0.1) is 22.7 Å². The Morgan fingerprint density at radius 3 is 2.13 bits per heavy atom. The van der Waals surface area contributed by atoms with Crippen molar-refractivity contribution in [2.24, 2.45) is 22.7 Å². The largest absolute Gasteiger partial charge is 0.346 e. The van der Waals surface area contributed by atoms with Crippen molar-refractivity contribution in [1.29, 1.82) is 0 Å². The first-order valence-corrected chi connectivity index (χ1v) is 20.3. The molecule has 1 saturated heterocycles. The number of ketones is 1. The maximum Gasteiger partial charge on any atom is 0.315 e. The number of Topliss-reactive ketones (excluding diaryl/α,β-unsaturated/α-hetero) is 1. The van der Waals surface area contributed by atoms with E-state index < -0.39 is 73.9 Å². The Bertz CT molecular complexity index is 1590. The maximum absolute atomic E-state index is 14.6. The lowest BCUT2D eigenvalue weighted by Crippen LogP contribution is -2.63. The molecule has 0 bridgehead atoms. The number of carbonyl (C=O) groups excluding carboxylic acids is 5. The highest BCUT2D eigenvalue weighted by Crippen LogP contribution is 2.40. The van der Waals surface area contributed by atoms with Crippen LogP contribution >= 0.6 is 0 Å². The molecule has 12 nitrogen and oxygen atoms in total. The lowest BCUT2D eigenvalue weighted by atomic mass is 9.75. The van der Waals surface area contributed by atoms with Gasteiger partial charge in [0.05, 0.1) is 22.2 Å². The number of rotatable bonds is 14. The van der Waals surface area contributed by atoms with Crippen molar-refractivity contribution in [2.75, 3.05) is 18.8 Å². The van der Waals surface area contributed by atoms with E-state index in [1.54, 1.807) is 30.3 Å². The minimum absolute atomic E-state index is 0.115. The number of benzene rings is 1. The van der Waals surface area contributed by atoms with Crippen LogP contribution in [0.3, 0.4) is 0 Å². The number of sulfone groups is 1. The number of hydrogen-bond acceptors (Lipinski definition) is 7.